The zero-order valence-electron chi connectivity index (χ0n) is 7.80. The largest absolute Gasteiger partial charge is 0.298 e. The molecule has 1 aromatic rings. The van der Waals surface area contributed by atoms with E-state index in [9.17, 15) is 4.79 Å². The van der Waals surface area contributed by atoms with Gasteiger partial charge in [-0.2, -0.15) is 0 Å². The van der Waals surface area contributed by atoms with Gasteiger partial charge in [0.1, 0.15) is 0 Å². The Bertz CT molecular complexity index is 436. The van der Waals surface area contributed by atoms with Gasteiger partial charge in [-0.05, 0) is 11.6 Å². The number of nitrogens with zero attached hydrogens (tertiary/aromatic N) is 3. The van der Waals surface area contributed by atoms with Crippen LogP contribution in [0.5, 0.6) is 0 Å². The van der Waals surface area contributed by atoms with E-state index in [1.165, 1.54) is 0 Å². The van der Waals surface area contributed by atoms with E-state index in [-0.39, 0.29) is 6.54 Å². The minimum Gasteiger partial charge on any atom is -0.298 e. The van der Waals surface area contributed by atoms with E-state index in [1.807, 2.05) is 0 Å². The zero-order chi connectivity index (χ0) is 11.1. The van der Waals surface area contributed by atoms with E-state index in [4.69, 9.17) is 17.1 Å². The molecule has 0 radical (unpaired) electrons. The molecule has 0 heterocycles. The summed E-state index contributed by atoms with van der Waals surface area (Å²) in [6.07, 6.45) is 4.05. The molecule has 0 aliphatic carbocycles. The average Bonchev–Trinajstić information content (AvgIpc) is 2.26. The maximum atomic E-state index is 10.7. The molecule has 0 saturated carbocycles. The molecule has 5 heteroatoms. The van der Waals surface area contributed by atoms with Gasteiger partial charge in [0, 0.05) is 27.6 Å². The van der Waals surface area contributed by atoms with E-state index in [1.54, 1.807) is 30.4 Å². The first-order valence-corrected chi connectivity index (χ1v) is 4.58. The topological polar surface area (TPSA) is 65.8 Å². The summed E-state index contributed by atoms with van der Waals surface area (Å²) < 4.78 is 0. The van der Waals surface area contributed by atoms with Gasteiger partial charge in [0.05, 0.1) is 0 Å². The van der Waals surface area contributed by atoms with Gasteiger partial charge in [0.25, 0.3) is 0 Å². The number of aldehydes is 1. The van der Waals surface area contributed by atoms with Gasteiger partial charge in [-0.1, -0.05) is 41.0 Å². The molecule has 0 aliphatic rings. The second-order valence-electron chi connectivity index (χ2n) is 2.68. The fourth-order valence-electron chi connectivity index (χ4n) is 1.09. The lowest BCUT2D eigenvalue weighted by Crippen LogP contribution is -1.86. The third kappa shape index (κ3) is 3.13. The maximum Gasteiger partial charge on any atom is 0.150 e. The van der Waals surface area contributed by atoms with Crippen LogP contribution in [0.25, 0.3) is 16.5 Å². The van der Waals surface area contributed by atoms with E-state index >= 15 is 0 Å². The molecule has 0 atom stereocenters. The molecule has 15 heavy (non-hydrogen) atoms. The Hall–Kier alpha value is -1.77. The molecular weight excluding hydrogens is 214 g/mol. The molecule has 0 aliphatic heterocycles. The van der Waals surface area contributed by atoms with Gasteiger partial charge in [0.15, 0.2) is 6.29 Å². The monoisotopic (exact) mass is 221 g/mol. The van der Waals surface area contributed by atoms with E-state index < -0.39 is 0 Å². The summed E-state index contributed by atoms with van der Waals surface area (Å²) in [5, 5.41) is 3.83. The maximum absolute atomic E-state index is 10.7. The third-order valence-corrected chi connectivity index (χ3v) is 2.08. The number of hydrogen-bond acceptors (Lipinski definition) is 2. The third-order valence-electron chi connectivity index (χ3n) is 1.75. The summed E-state index contributed by atoms with van der Waals surface area (Å²) in [6, 6.07) is 5.07. The molecule has 0 aromatic heterocycles. The lowest BCUT2D eigenvalue weighted by Gasteiger charge is -2.00. The Morgan fingerprint density at radius 1 is 1.53 bits per heavy atom. The number of halogens is 1. The van der Waals surface area contributed by atoms with Crippen LogP contribution in [0, 0.1) is 0 Å². The van der Waals surface area contributed by atoms with Crippen LogP contribution in [0.3, 0.4) is 0 Å². The van der Waals surface area contributed by atoms with Crippen molar-refractivity contribution in [1.82, 2.24) is 0 Å². The smallest absolute Gasteiger partial charge is 0.150 e. The Morgan fingerprint density at radius 3 is 3.00 bits per heavy atom. The van der Waals surface area contributed by atoms with Crippen molar-refractivity contribution in [2.24, 2.45) is 5.11 Å². The summed E-state index contributed by atoms with van der Waals surface area (Å²) in [6.45, 7) is 0.236. The molecule has 76 valence electrons. The predicted molar refractivity (Wildman–Crippen MR) is 59.9 cm³/mol. The van der Waals surface area contributed by atoms with Gasteiger partial charge in [-0.25, -0.2) is 0 Å². The second kappa shape index (κ2) is 5.86. The number of azide groups is 1. The molecule has 1 aromatic carbocycles. The summed E-state index contributed by atoms with van der Waals surface area (Å²) in [7, 11) is 0. The van der Waals surface area contributed by atoms with Gasteiger partial charge in [-0.15, -0.1) is 0 Å². The Kier molecular flexibility index (Phi) is 4.41. The molecule has 0 N–H and O–H groups in total. The molecule has 1 rings (SSSR count). The predicted octanol–water partition coefficient (Wildman–Crippen LogP) is 3.48. The van der Waals surface area contributed by atoms with Crippen molar-refractivity contribution >= 4 is 24.0 Å². The number of hydrogen-bond donors (Lipinski definition) is 0. The van der Waals surface area contributed by atoms with Crippen molar-refractivity contribution in [3.8, 4) is 0 Å². The van der Waals surface area contributed by atoms with Crippen LogP contribution in [0.4, 0.5) is 0 Å². The minimum absolute atomic E-state index is 0.236. The average molecular weight is 222 g/mol. The van der Waals surface area contributed by atoms with Crippen LogP contribution in [-0.2, 0) is 0 Å². The van der Waals surface area contributed by atoms with Crippen LogP contribution >= 0.6 is 11.6 Å². The lowest BCUT2D eigenvalue weighted by molar-refractivity contribution is 0.112. The van der Waals surface area contributed by atoms with E-state index in [2.05, 4.69) is 10.0 Å². The van der Waals surface area contributed by atoms with Crippen molar-refractivity contribution in [1.29, 1.82) is 0 Å². The molecule has 0 spiro atoms. The molecule has 0 saturated heterocycles. The summed E-state index contributed by atoms with van der Waals surface area (Å²) in [5.41, 5.74) is 9.22. The Morgan fingerprint density at radius 2 is 2.33 bits per heavy atom. The van der Waals surface area contributed by atoms with Crippen LogP contribution in [0.1, 0.15) is 15.9 Å². The lowest BCUT2D eigenvalue weighted by atomic mass is 10.1. The number of benzene rings is 1. The Labute approximate surface area is 91.8 Å². The normalized spacial score (nSPS) is 9.93. The molecule has 4 nitrogen and oxygen atoms in total. The van der Waals surface area contributed by atoms with E-state index in [0.29, 0.717) is 16.1 Å². The van der Waals surface area contributed by atoms with Crippen LogP contribution in [0.15, 0.2) is 29.4 Å². The highest BCUT2D eigenvalue weighted by atomic mass is 35.5. The number of carbonyl (C=O) groups is 1. The molecule has 0 fully saturated rings. The first kappa shape index (κ1) is 11.3. The van der Waals surface area contributed by atoms with Crippen molar-refractivity contribution in [2.75, 3.05) is 6.54 Å². The summed E-state index contributed by atoms with van der Waals surface area (Å²) in [4.78, 5) is 13.3. The van der Waals surface area contributed by atoms with Crippen LogP contribution < -0.4 is 0 Å². The highest BCUT2D eigenvalue weighted by Gasteiger charge is 2.01. The van der Waals surface area contributed by atoms with Gasteiger partial charge in [-0.3, -0.25) is 4.79 Å². The molecule has 0 bridgehead atoms. The van der Waals surface area contributed by atoms with Crippen molar-refractivity contribution in [2.45, 2.75) is 0 Å². The first-order valence-electron chi connectivity index (χ1n) is 4.20. The fourth-order valence-corrected chi connectivity index (χ4v) is 1.33. The van der Waals surface area contributed by atoms with Crippen molar-refractivity contribution in [3.63, 3.8) is 0 Å². The quantitative estimate of drug-likeness (QED) is 0.332. The Balaban J connectivity index is 2.96. The molecule has 0 amide bonds. The fraction of sp³-hybridized carbons (Fsp3) is 0.100. The van der Waals surface area contributed by atoms with Crippen LogP contribution in [-0.4, -0.2) is 12.8 Å². The summed E-state index contributed by atoms with van der Waals surface area (Å²) >= 11 is 5.91. The zero-order valence-corrected chi connectivity index (χ0v) is 8.55. The molecule has 0 unspecified atom stereocenters. The SMILES string of the molecule is [N-]=[N+]=NCC=Cc1c(Cl)cccc1C=O. The van der Waals surface area contributed by atoms with E-state index in [0.717, 1.165) is 6.29 Å². The second-order valence-corrected chi connectivity index (χ2v) is 3.08. The number of carbonyl (C=O) groups excluding carboxylic acids is 1. The standard InChI is InChI=1S/C10H8ClN3O/c11-10-5-1-3-8(7-15)9(10)4-2-6-13-14-12/h1-5,7H,6H2. The van der Waals surface area contributed by atoms with Crippen molar-refractivity contribution < 1.29 is 4.79 Å². The van der Waals surface area contributed by atoms with Gasteiger partial charge < -0.3 is 0 Å². The molecular formula is C10H8ClN3O. The van der Waals surface area contributed by atoms with Crippen molar-refractivity contribution in [3.05, 3.63) is 50.9 Å². The first-order chi connectivity index (χ1) is 7.29. The summed E-state index contributed by atoms with van der Waals surface area (Å²) in [5.74, 6) is 0. The van der Waals surface area contributed by atoms with Crippen LogP contribution in [0.2, 0.25) is 5.02 Å². The minimum atomic E-state index is 0.236. The highest BCUT2D eigenvalue weighted by Crippen LogP contribution is 2.20. The van der Waals surface area contributed by atoms with Gasteiger partial charge >= 0.3 is 0 Å². The number of rotatable bonds is 4. The van der Waals surface area contributed by atoms with Gasteiger partial charge in [0.2, 0.25) is 0 Å². The highest BCUT2D eigenvalue weighted by molar-refractivity contribution is 6.32.